The Morgan fingerprint density at radius 3 is 2.74 bits per heavy atom. The van der Waals surface area contributed by atoms with Crippen molar-refractivity contribution in [2.24, 2.45) is 17.3 Å². The molecule has 2 rings (SSSR count). The third-order valence-corrected chi connectivity index (χ3v) is 4.67. The minimum atomic E-state index is -0.198. The number of nitrogens with one attached hydrogen (secondary N) is 1. The van der Waals surface area contributed by atoms with Crippen LogP contribution in [0.25, 0.3) is 0 Å². The van der Waals surface area contributed by atoms with E-state index in [1.54, 1.807) is 0 Å². The molecule has 110 valence electrons. The molecule has 0 spiro atoms. The number of carbonyl (C=O) groups is 1. The summed E-state index contributed by atoms with van der Waals surface area (Å²) in [7, 11) is 1.46. The summed E-state index contributed by atoms with van der Waals surface area (Å²) in [5.74, 6) is 0.872. The zero-order valence-electron chi connectivity index (χ0n) is 12.7. The Hall–Kier alpha value is -0.610. The summed E-state index contributed by atoms with van der Waals surface area (Å²) in [6.07, 6.45) is 2.26. The molecule has 0 aromatic carbocycles. The molecule has 0 bridgehead atoms. The predicted molar refractivity (Wildman–Crippen MR) is 73.8 cm³/mol. The summed E-state index contributed by atoms with van der Waals surface area (Å²) < 4.78 is 10.7. The molecule has 1 saturated heterocycles. The van der Waals surface area contributed by atoms with Gasteiger partial charge in [-0.15, -0.1) is 0 Å². The molecule has 2 aliphatic rings. The molecular weight excluding hydrogens is 242 g/mol. The van der Waals surface area contributed by atoms with Crippen molar-refractivity contribution in [2.45, 2.75) is 58.7 Å². The highest BCUT2D eigenvalue weighted by atomic mass is 16.5. The van der Waals surface area contributed by atoms with Crippen molar-refractivity contribution in [2.75, 3.05) is 13.7 Å². The van der Waals surface area contributed by atoms with Crippen LogP contribution >= 0.6 is 0 Å². The van der Waals surface area contributed by atoms with Gasteiger partial charge in [-0.25, -0.2) is 0 Å². The predicted octanol–water partition coefficient (Wildman–Crippen LogP) is 1.98. The molecule has 1 aliphatic carbocycles. The van der Waals surface area contributed by atoms with E-state index in [4.69, 9.17) is 9.47 Å². The average molecular weight is 269 g/mol. The number of methoxy groups -OCH3 is 1. The first kappa shape index (κ1) is 14.8. The first-order chi connectivity index (χ1) is 8.87. The van der Waals surface area contributed by atoms with Crippen molar-refractivity contribution in [1.82, 2.24) is 5.32 Å². The van der Waals surface area contributed by atoms with Crippen molar-refractivity contribution >= 4 is 5.97 Å². The number of esters is 1. The fourth-order valence-electron chi connectivity index (χ4n) is 3.73. The molecule has 4 heteroatoms. The largest absolute Gasteiger partial charge is 0.468 e. The Labute approximate surface area is 116 Å². The van der Waals surface area contributed by atoms with Crippen molar-refractivity contribution in [3.63, 3.8) is 0 Å². The lowest BCUT2D eigenvalue weighted by Crippen LogP contribution is -2.68. The minimum Gasteiger partial charge on any atom is -0.468 e. The van der Waals surface area contributed by atoms with Gasteiger partial charge in [0.15, 0.2) is 0 Å². The molecule has 1 N–H and O–H groups in total. The Morgan fingerprint density at radius 2 is 2.16 bits per heavy atom. The van der Waals surface area contributed by atoms with Gasteiger partial charge in [0.05, 0.1) is 13.2 Å². The van der Waals surface area contributed by atoms with E-state index in [-0.39, 0.29) is 17.4 Å². The van der Waals surface area contributed by atoms with Crippen LogP contribution in [0.15, 0.2) is 0 Å². The molecule has 1 heterocycles. The lowest BCUT2D eigenvalue weighted by molar-refractivity contribution is -0.149. The van der Waals surface area contributed by atoms with Crippen LogP contribution in [-0.4, -0.2) is 37.9 Å². The molecule has 1 saturated carbocycles. The van der Waals surface area contributed by atoms with Crippen molar-refractivity contribution in [3.05, 3.63) is 0 Å². The maximum atomic E-state index is 11.9. The van der Waals surface area contributed by atoms with Gasteiger partial charge in [0.1, 0.15) is 6.04 Å². The van der Waals surface area contributed by atoms with Crippen LogP contribution in [0.4, 0.5) is 0 Å². The van der Waals surface area contributed by atoms with Gasteiger partial charge in [0.25, 0.3) is 0 Å². The Balaban J connectivity index is 2.02. The number of fused-ring (bicyclic) bond motifs is 1. The van der Waals surface area contributed by atoms with E-state index in [9.17, 15) is 4.79 Å². The quantitative estimate of drug-likeness (QED) is 0.775. The first-order valence-electron chi connectivity index (χ1n) is 7.33. The van der Waals surface area contributed by atoms with Crippen molar-refractivity contribution in [3.8, 4) is 0 Å². The summed E-state index contributed by atoms with van der Waals surface area (Å²) in [5.41, 5.74) is 0.102. The molecule has 1 aliphatic heterocycles. The third kappa shape index (κ3) is 2.65. The maximum absolute atomic E-state index is 11.9. The smallest absolute Gasteiger partial charge is 0.322 e. The first-order valence-corrected chi connectivity index (χ1v) is 7.33. The molecule has 19 heavy (non-hydrogen) atoms. The van der Waals surface area contributed by atoms with Gasteiger partial charge in [-0.05, 0) is 18.8 Å². The SMILES string of the molecule is COC(=O)C(CC(C)C)NC1C2CCOC2C1(C)C. The second kappa shape index (κ2) is 5.41. The summed E-state index contributed by atoms with van der Waals surface area (Å²) in [6.45, 7) is 9.56. The highest BCUT2D eigenvalue weighted by Crippen LogP contribution is 2.52. The maximum Gasteiger partial charge on any atom is 0.322 e. The second-order valence-corrected chi connectivity index (χ2v) is 6.91. The van der Waals surface area contributed by atoms with Crippen LogP contribution < -0.4 is 5.32 Å². The fourth-order valence-corrected chi connectivity index (χ4v) is 3.73. The molecular formula is C15H27NO3. The zero-order chi connectivity index (χ0) is 14.2. The van der Waals surface area contributed by atoms with Gasteiger partial charge in [0.2, 0.25) is 0 Å². The number of hydrogen-bond acceptors (Lipinski definition) is 4. The van der Waals surface area contributed by atoms with Gasteiger partial charge in [0, 0.05) is 24.0 Å². The van der Waals surface area contributed by atoms with E-state index in [1.807, 2.05) is 0 Å². The molecule has 0 aromatic rings. The standard InChI is InChI=1S/C15H27NO3/c1-9(2)8-11(14(17)18-5)16-12-10-6-7-19-13(10)15(12,3)4/h9-13,16H,6-8H2,1-5H3. The van der Waals surface area contributed by atoms with Crippen LogP contribution in [-0.2, 0) is 14.3 Å². The normalized spacial score (nSPS) is 33.7. The lowest BCUT2D eigenvalue weighted by atomic mass is 9.57. The minimum absolute atomic E-state index is 0.102. The second-order valence-electron chi connectivity index (χ2n) is 6.91. The van der Waals surface area contributed by atoms with Gasteiger partial charge < -0.3 is 14.8 Å². The van der Waals surface area contributed by atoms with E-state index >= 15 is 0 Å². The van der Waals surface area contributed by atoms with Crippen LogP contribution in [0.1, 0.15) is 40.5 Å². The van der Waals surface area contributed by atoms with Gasteiger partial charge in [-0.1, -0.05) is 27.7 Å². The molecule has 4 atom stereocenters. The Morgan fingerprint density at radius 1 is 1.47 bits per heavy atom. The molecule has 0 aromatic heterocycles. The topological polar surface area (TPSA) is 47.6 Å². The van der Waals surface area contributed by atoms with E-state index in [0.717, 1.165) is 19.4 Å². The summed E-state index contributed by atoms with van der Waals surface area (Å²) in [6, 6.07) is 0.152. The van der Waals surface area contributed by atoms with E-state index in [1.165, 1.54) is 7.11 Å². The van der Waals surface area contributed by atoms with Crippen LogP contribution in [0.2, 0.25) is 0 Å². The highest BCUT2D eigenvalue weighted by molar-refractivity contribution is 5.75. The summed E-state index contributed by atoms with van der Waals surface area (Å²) in [4.78, 5) is 11.9. The van der Waals surface area contributed by atoms with Crippen LogP contribution in [0.3, 0.4) is 0 Å². The molecule has 4 nitrogen and oxygen atoms in total. The number of hydrogen-bond donors (Lipinski definition) is 1. The van der Waals surface area contributed by atoms with Crippen LogP contribution in [0.5, 0.6) is 0 Å². The molecule has 2 fully saturated rings. The number of ether oxygens (including phenoxy) is 2. The van der Waals surface area contributed by atoms with E-state index in [0.29, 0.717) is 24.0 Å². The van der Waals surface area contributed by atoms with Gasteiger partial charge >= 0.3 is 5.97 Å². The van der Waals surface area contributed by atoms with Crippen molar-refractivity contribution < 1.29 is 14.3 Å². The fraction of sp³-hybridized carbons (Fsp3) is 0.933. The Kier molecular flexibility index (Phi) is 4.21. The monoisotopic (exact) mass is 269 g/mol. The number of carbonyl (C=O) groups excluding carboxylic acids is 1. The molecule has 0 radical (unpaired) electrons. The van der Waals surface area contributed by atoms with E-state index < -0.39 is 0 Å². The van der Waals surface area contributed by atoms with E-state index in [2.05, 4.69) is 33.0 Å². The molecule has 0 amide bonds. The van der Waals surface area contributed by atoms with Gasteiger partial charge in [-0.2, -0.15) is 0 Å². The zero-order valence-corrected chi connectivity index (χ0v) is 12.7. The van der Waals surface area contributed by atoms with Crippen LogP contribution in [0, 0.1) is 17.3 Å². The average Bonchev–Trinajstić information content (AvgIpc) is 2.79. The third-order valence-electron chi connectivity index (χ3n) is 4.67. The summed E-state index contributed by atoms with van der Waals surface area (Å²) >= 11 is 0. The lowest BCUT2D eigenvalue weighted by Gasteiger charge is -2.55. The number of rotatable bonds is 5. The summed E-state index contributed by atoms with van der Waals surface area (Å²) in [5, 5.41) is 3.54. The Bertz CT molecular complexity index is 340. The highest BCUT2D eigenvalue weighted by Gasteiger charge is 2.59. The van der Waals surface area contributed by atoms with Gasteiger partial charge in [-0.3, -0.25) is 4.79 Å². The van der Waals surface area contributed by atoms with Crippen molar-refractivity contribution in [1.29, 1.82) is 0 Å². The molecule has 4 unspecified atom stereocenters.